The number of benzene rings is 2. The van der Waals surface area contributed by atoms with Crippen molar-refractivity contribution in [2.24, 2.45) is 4.99 Å². The summed E-state index contributed by atoms with van der Waals surface area (Å²) in [5.41, 5.74) is 1.41. The standard InChI is InChI=1S/C16H14FNO3/c1-11(19)21-15-8-3-12(9-16(15)20-2)10-18-14-6-4-13(17)5-7-14/h3-10H,1-2H3. The molecule has 0 aliphatic heterocycles. The molecular weight excluding hydrogens is 273 g/mol. The van der Waals surface area contributed by atoms with Gasteiger partial charge < -0.3 is 9.47 Å². The Bertz CT molecular complexity index is 666. The van der Waals surface area contributed by atoms with Crippen LogP contribution in [0, 0.1) is 5.82 Å². The number of carbonyl (C=O) groups is 1. The lowest BCUT2D eigenvalue weighted by Gasteiger charge is -2.08. The zero-order chi connectivity index (χ0) is 15.2. The normalized spacial score (nSPS) is 10.6. The van der Waals surface area contributed by atoms with Gasteiger partial charge in [-0.05, 0) is 48.0 Å². The third-order valence-electron chi connectivity index (χ3n) is 2.63. The van der Waals surface area contributed by atoms with Crippen molar-refractivity contribution in [1.29, 1.82) is 0 Å². The second-order valence-corrected chi connectivity index (χ2v) is 4.24. The number of esters is 1. The maximum absolute atomic E-state index is 12.8. The SMILES string of the molecule is COc1cc(C=Nc2ccc(F)cc2)ccc1OC(C)=O. The van der Waals surface area contributed by atoms with Gasteiger partial charge in [-0.15, -0.1) is 0 Å². The monoisotopic (exact) mass is 287 g/mol. The minimum Gasteiger partial charge on any atom is -0.493 e. The molecule has 0 aromatic heterocycles. The molecule has 0 atom stereocenters. The first-order chi connectivity index (χ1) is 10.1. The van der Waals surface area contributed by atoms with Crippen LogP contribution in [-0.2, 0) is 4.79 Å². The van der Waals surface area contributed by atoms with Gasteiger partial charge in [-0.25, -0.2) is 4.39 Å². The van der Waals surface area contributed by atoms with Gasteiger partial charge in [-0.1, -0.05) is 0 Å². The van der Waals surface area contributed by atoms with Gasteiger partial charge in [-0.2, -0.15) is 0 Å². The van der Waals surface area contributed by atoms with Crippen molar-refractivity contribution in [3.63, 3.8) is 0 Å². The third-order valence-corrected chi connectivity index (χ3v) is 2.63. The number of ether oxygens (including phenoxy) is 2. The van der Waals surface area contributed by atoms with E-state index in [1.54, 1.807) is 36.5 Å². The molecule has 0 saturated heterocycles. The smallest absolute Gasteiger partial charge is 0.308 e. The first kappa shape index (κ1) is 14.7. The highest BCUT2D eigenvalue weighted by Gasteiger charge is 2.07. The Morgan fingerprint density at radius 3 is 2.48 bits per heavy atom. The van der Waals surface area contributed by atoms with E-state index in [9.17, 15) is 9.18 Å². The van der Waals surface area contributed by atoms with E-state index in [0.29, 0.717) is 17.2 Å². The Balaban J connectivity index is 2.20. The van der Waals surface area contributed by atoms with E-state index in [-0.39, 0.29) is 5.82 Å². The summed E-state index contributed by atoms with van der Waals surface area (Å²) in [6.45, 7) is 1.32. The van der Waals surface area contributed by atoms with Gasteiger partial charge in [0.2, 0.25) is 0 Å². The van der Waals surface area contributed by atoms with Crippen molar-refractivity contribution in [1.82, 2.24) is 0 Å². The predicted molar refractivity (Wildman–Crippen MR) is 78.0 cm³/mol. The fraction of sp³-hybridized carbons (Fsp3) is 0.125. The summed E-state index contributed by atoms with van der Waals surface area (Å²) in [4.78, 5) is 15.2. The van der Waals surface area contributed by atoms with Gasteiger partial charge >= 0.3 is 5.97 Å². The molecule has 0 unspecified atom stereocenters. The number of aliphatic imine (C=N–C) groups is 1. The lowest BCUT2D eigenvalue weighted by Crippen LogP contribution is -2.03. The molecule has 5 heteroatoms. The minimum atomic E-state index is -0.416. The number of nitrogens with zero attached hydrogens (tertiary/aromatic N) is 1. The first-order valence-electron chi connectivity index (χ1n) is 6.24. The topological polar surface area (TPSA) is 47.9 Å². The fourth-order valence-electron chi connectivity index (χ4n) is 1.68. The summed E-state index contributed by atoms with van der Waals surface area (Å²) in [6, 6.07) is 10.9. The second kappa shape index (κ2) is 6.65. The number of rotatable bonds is 4. The molecule has 0 fully saturated rings. The molecule has 2 aromatic carbocycles. The van der Waals surface area contributed by atoms with Crippen LogP contribution in [0.2, 0.25) is 0 Å². The molecule has 2 rings (SSSR count). The number of carbonyl (C=O) groups excluding carboxylic acids is 1. The molecule has 0 amide bonds. The van der Waals surface area contributed by atoms with Gasteiger partial charge in [0, 0.05) is 13.1 Å². The lowest BCUT2D eigenvalue weighted by atomic mass is 10.2. The highest BCUT2D eigenvalue weighted by Crippen LogP contribution is 2.27. The quantitative estimate of drug-likeness (QED) is 0.491. The molecule has 0 aliphatic rings. The summed E-state index contributed by atoms with van der Waals surface area (Å²) in [6.07, 6.45) is 1.62. The predicted octanol–water partition coefficient (Wildman–Crippen LogP) is 3.51. The molecule has 0 heterocycles. The van der Waals surface area contributed by atoms with Crippen molar-refractivity contribution in [2.45, 2.75) is 6.92 Å². The summed E-state index contributed by atoms with van der Waals surface area (Å²) >= 11 is 0. The third kappa shape index (κ3) is 4.14. The highest BCUT2D eigenvalue weighted by atomic mass is 19.1. The molecule has 2 aromatic rings. The van der Waals surface area contributed by atoms with Crippen molar-refractivity contribution >= 4 is 17.9 Å². The fourth-order valence-corrected chi connectivity index (χ4v) is 1.68. The molecule has 0 spiro atoms. The van der Waals surface area contributed by atoms with Crippen LogP contribution in [0.5, 0.6) is 11.5 Å². The Labute approximate surface area is 121 Å². The van der Waals surface area contributed by atoms with Gasteiger partial charge in [0.05, 0.1) is 12.8 Å². The van der Waals surface area contributed by atoms with E-state index in [0.717, 1.165) is 5.56 Å². The molecule has 0 saturated carbocycles. The van der Waals surface area contributed by atoms with Crippen LogP contribution in [0.4, 0.5) is 10.1 Å². The summed E-state index contributed by atoms with van der Waals surface area (Å²) < 4.78 is 23.0. The van der Waals surface area contributed by atoms with Gasteiger partial charge in [-0.3, -0.25) is 9.79 Å². The molecule has 21 heavy (non-hydrogen) atoms. The average molecular weight is 287 g/mol. The van der Waals surface area contributed by atoms with Crippen molar-refractivity contribution in [3.05, 3.63) is 53.8 Å². The van der Waals surface area contributed by atoms with Gasteiger partial charge in [0.25, 0.3) is 0 Å². The summed E-state index contributed by atoms with van der Waals surface area (Å²) in [5, 5.41) is 0. The van der Waals surface area contributed by atoms with Gasteiger partial charge in [0.1, 0.15) is 5.82 Å². The zero-order valence-corrected chi connectivity index (χ0v) is 11.7. The van der Waals surface area contributed by atoms with Crippen LogP contribution in [0.3, 0.4) is 0 Å². The molecule has 108 valence electrons. The van der Waals surface area contributed by atoms with Crippen LogP contribution in [0.1, 0.15) is 12.5 Å². The maximum atomic E-state index is 12.8. The molecule has 4 nitrogen and oxygen atoms in total. The summed E-state index contributed by atoms with van der Waals surface area (Å²) in [5.74, 6) is 0.0690. The largest absolute Gasteiger partial charge is 0.493 e. The number of methoxy groups -OCH3 is 1. The zero-order valence-electron chi connectivity index (χ0n) is 11.7. The van der Waals surface area contributed by atoms with Crippen LogP contribution in [-0.4, -0.2) is 19.3 Å². The number of hydrogen-bond donors (Lipinski definition) is 0. The van der Waals surface area contributed by atoms with Crippen LogP contribution < -0.4 is 9.47 Å². The summed E-state index contributed by atoms with van der Waals surface area (Å²) in [7, 11) is 1.49. The highest BCUT2D eigenvalue weighted by molar-refractivity contribution is 5.83. The van der Waals surface area contributed by atoms with Crippen molar-refractivity contribution in [2.75, 3.05) is 7.11 Å². The van der Waals surface area contributed by atoms with E-state index in [1.165, 1.54) is 26.2 Å². The van der Waals surface area contributed by atoms with Crippen molar-refractivity contribution in [3.8, 4) is 11.5 Å². The van der Waals surface area contributed by atoms with Crippen LogP contribution in [0.25, 0.3) is 0 Å². The average Bonchev–Trinajstić information content (AvgIpc) is 2.47. The number of hydrogen-bond acceptors (Lipinski definition) is 4. The minimum absolute atomic E-state index is 0.304. The van der Waals surface area contributed by atoms with E-state index in [1.807, 2.05) is 0 Å². The van der Waals surface area contributed by atoms with E-state index in [2.05, 4.69) is 4.99 Å². The Hall–Kier alpha value is -2.69. The van der Waals surface area contributed by atoms with E-state index >= 15 is 0 Å². The number of halogens is 1. The Kier molecular flexibility index (Phi) is 4.66. The molecule has 0 radical (unpaired) electrons. The van der Waals surface area contributed by atoms with Crippen molar-refractivity contribution < 1.29 is 18.7 Å². The van der Waals surface area contributed by atoms with Crippen LogP contribution in [0.15, 0.2) is 47.5 Å². The molecular formula is C16H14FNO3. The molecule has 0 aliphatic carbocycles. The Morgan fingerprint density at radius 2 is 1.86 bits per heavy atom. The van der Waals surface area contributed by atoms with Gasteiger partial charge in [0.15, 0.2) is 11.5 Å². The Morgan fingerprint density at radius 1 is 1.14 bits per heavy atom. The van der Waals surface area contributed by atoms with E-state index in [4.69, 9.17) is 9.47 Å². The van der Waals surface area contributed by atoms with E-state index < -0.39 is 5.97 Å². The lowest BCUT2D eigenvalue weighted by molar-refractivity contribution is -0.132. The molecule has 0 N–H and O–H groups in total. The first-order valence-corrected chi connectivity index (χ1v) is 6.24. The second-order valence-electron chi connectivity index (χ2n) is 4.24. The maximum Gasteiger partial charge on any atom is 0.308 e. The molecule has 0 bridgehead atoms. The van der Waals surface area contributed by atoms with Crippen LogP contribution >= 0.6 is 0 Å².